The van der Waals surface area contributed by atoms with Crippen molar-refractivity contribution >= 4 is 28.8 Å². The quantitative estimate of drug-likeness (QED) is 0.453. The molecule has 0 saturated carbocycles. The normalized spacial score (nSPS) is 9.80. The van der Waals surface area contributed by atoms with E-state index in [0.717, 1.165) is 0 Å². The van der Waals surface area contributed by atoms with Gasteiger partial charge in [-0.15, -0.1) is 0 Å². The number of benzene rings is 2. The monoisotopic (exact) mass is 272 g/mol. The van der Waals surface area contributed by atoms with Crippen LogP contribution in [0, 0.1) is 10.1 Å². The zero-order chi connectivity index (χ0) is 14.5. The Kier molecular flexibility index (Phi) is 3.80. The molecular formula is C13H12N4O3. The Balaban J connectivity index is 2.04. The van der Waals surface area contributed by atoms with Gasteiger partial charge in [0, 0.05) is 29.2 Å². The van der Waals surface area contributed by atoms with Crippen LogP contribution in [-0.2, 0) is 0 Å². The summed E-state index contributed by atoms with van der Waals surface area (Å²) >= 11 is 0. The molecule has 0 bridgehead atoms. The zero-order valence-corrected chi connectivity index (χ0v) is 10.4. The lowest BCUT2D eigenvalue weighted by atomic mass is 10.3. The van der Waals surface area contributed by atoms with Crippen molar-refractivity contribution in [2.75, 3.05) is 16.4 Å². The molecule has 0 spiro atoms. The molecule has 0 atom stereocenters. The molecule has 0 fully saturated rings. The first-order valence-electron chi connectivity index (χ1n) is 5.72. The van der Waals surface area contributed by atoms with E-state index in [4.69, 9.17) is 5.73 Å². The molecule has 0 unspecified atom stereocenters. The standard InChI is InChI=1S/C13H12N4O3/c14-9-3-1-4-10(7-9)15-13(18)16-11-5-2-6-12(8-11)17(19)20/h1-8H,14H2,(H2,15,16,18). The number of nitrogens with one attached hydrogen (secondary N) is 2. The van der Waals surface area contributed by atoms with E-state index in [1.165, 1.54) is 18.2 Å². The number of nitrogen functional groups attached to an aromatic ring is 1. The first kappa shape index (κ1) is 13.3. The van der Waals surface area contributed by atoms with Crippen LogP contribution in [0.1, 0.15) is 0 Å². The molecule has 20 heavy (non-hydrogen) atoms. The molecule has 2 aromatic carbocycles. The average Bonchev–Trinajstić information content (AvgIpc) is 2.38. The lowest BCUT2D eigenvalue weighted by Gasteiger charge is -2.07. The van der Waals surface area contributed by atoms with Crippen LogP contribution in [0.15, 0.2) is 48.5 Å². The van der Waals surface area contributed by atoms with Crippen LogP contribution in [0.4, 0.5) is 27.5 Å². The Hall–Kier alpha value is -3.09. The van der Waals surface area contributed by atoms with Gasteiger partial charge in [-0.2, -0.15) is 0 Å². The second kappa shape index (κ2) is 5.70. The summed E-state index contributed by atoms with van der Waals surface area (Å²) in [6, 6.07) is 11.9. The largest absolute Gasteiger partial charge is 0.399 e. The van der Waals surface area contributed by atoms with E-state index in [1.54, 1.807) is 30.3 Å². The molecule has 0 aromatic heterocycles. The van der Waals surface area contributed by atoms with Crippen LogP contribution in [0.25, 0.3) is 0 Å². The van der Waals surface area contributed by atoms with E-state index >= 15 is 0 Å². The lowest BCUT2D eigenvalue weighted by Crippen LogP contribution is -2.19. The number of urea groups is 1. The van der Waals surface area contributed by atoms with Crippen LogP contribution in [0.5, 0.6) is 0 Å². The first-order valence-corrected chi connectivity index (χ1v) is 5.72. The minimum atomic E-state index is -0.527. The van der Waals surface area contributed by atoms with Crippen molar-refractivity contribution in [1.82, 2.24) is 0 Å². The first-order chi connectivity index (χ1) is 9.54. The van der Waals surface area contributed by atoms with Crippen molar-refractivity contribution in [1.29, 1.82) is 0 Å². The highest BCUT2D eigenvalue weighted by molar-refractivity contribution is 6.00. The number of hydrogen-bond donors (Lipinski definition) is 3. The van der Waals surface area contributed by atoms with Gasteiger partial charge < -0.3 is 16.4 Å². The van der Waals surface area contributed by atoms with Gasteiger partial charge in [0.25, 0.3) is 5.69 Å². The summed E-state index contributed by atoms with van der Waals surface area (Å²) in [5.41, 5.74) is 6.90. The van der Waals surface area contributed by atoms with Crippen molar-refractivity contribution in [3.8, 4) is 0 Å². The second-order valence-electron chi connectivity index (χ2n) is 4.01. The maximum absolute atomic E-state index is 11.7. The molecule has 2 rings (SSSR count). The van der Waals surface area contributed by atoms with Crippen molar-refractivity contribution in [2.45, 2.75) is 0 Å². The molecule has 2 amide bonds. The minimum Gasteiger partial charge on any atom is -0.399 e. The number of carbonyl (C=O) groups excluding carboxylic acids is 1. The molecule has 4 N–H and O–H groups in total. The molecule has 2 aromatic rings. The summed E-state index contributed by atoms with van der Waals surface area (Å²) in [6.07, 6.45) is 0. The summed E-state index contributed by atoms with van der Waals surface area (Å²) in [5.74, 6) is 0. The number of nitrogens with zero attached hydrogens (tertiary/aromatic N) is 1. The Morgan fingerprint density at radius 2 is 1.65 bits per heavy atom. The topological polar surface area (TPSA) is 110 Å². The predicted octanol–water partition coefficient (Wildman–Crippen LogP) is 2.82. The van der Waals surface area contributed by atoms with Crippen molar-refractivity contribution < 1.29 is 9.72 Å². The number of nitrogens with two attached hydrogens (primary N) is 1. The molecule has 7 nitrogen and oxygen atoms in total. The number of amides is 2. The van der Waals surface area contributed by atoms with Gasteiger partial charge in [-0.05, 0) is 24.3 Å². The molecular weight excluding hydrogens is 260 g/mol. The number of nitro groups is 1. The van der Waals surface area contributed by atoms with E-state index in [0.29, 0.717) is 17.1 Å². The maximum atomic E-state index is 11.7. The number of non-ortho nitro benzene ring substituents is 1. The predicted molar refractivity (Wildman–Crippen MR) is 76.6 cm³/mol. The summed E-state index contributed by atoms with van der Waals surface area (Å²) < 4.78 is 0. The molecule has 0 aliphatic carbocycles. The second-order valence-corrected chi connectivity index (χ2v) is 4.01. The fourth-order valence-corrected chi connectivity index (χ4v) is 1.61. The van der Waals surface area contributed by atoms with E-state index in [1.807, 2.05) is 0 Å². The van der Waals surface area contributed by atoms with E-state index in [-0.39, 0.29) is 5.69 Å². The van der Waals surface area contributed by atoms with Gasteiger partial charge in [0.05, 0.1) is 4.92 Å². The maximum Gasteiger partial charge on any atom is 0.323 e. The van der Waals surface area contributed by atoms with Crippen LogP contribution in [0.3, 0.4) is 0 Å². The van der Waals surface area contributed by atoms with Crippen molar-refractivity contribution in [2.24, 2.45) is 0 Å². The highest BCUT2D eigenvalue weighted by atomic mass is 16.6. The number of hydrogen-bond acceptors (Lipinski definition) is 4. The molecule has 7 heteroatoms. The third-order valence-electron chi connectivity index (χ3n) is 2.46. The summed E-state index contributed by atoms with van der Waals surface area (Å²) in [4.78, 5) is 21.8. The SMILES string of the molecule is Nc1cccc(NC(=O)Nc2cccc([N+](=O)[O-])c2)c1. The molecule has 102 valence electrons. The lowest BCUT2D eigenvalue weighted by molar-refractivity contribution is -0.384. The minimum absolute atomic E-state index is 0.0910. The molecule has 0 radical (unpaired) electrons. The fourth-order valence-electron chi connectivity index (χ4n) is 1.61. The third-order valence-corrected chi connectivity index (χ3v) is 2.46. The zero-order valence-electron chi connectivity index (χ0n) is 10.4. The van der Waals surface area contributed by atoms with Gasteiger partial charge in [0.2, 0.25) is 0 Å². The van der Waals surface area contributed by atoms with Gasteiger partial charge in [0.1, 0.15) is 0 Å². The number of anilines is 3. The molecule has 0 heterocycles. The van der Waals surface area contributed by atoms with E-state index in [9.17, 15) is 14.9 Å². The highest BCUT2D eigenvalue weighted by Crippen LogP contribution is 2.17. The van der Waals surface area contributed by atoms with E-state index < -0.39 is 11.0 Å². The highest BCUT2D eigenvalue weighted by Gasteiger charge is 2.08. The Labute approximate surface area is 114 Å². The van der Waals surface area contributed by atoms with Gasteiger partial charge in [-0.1, -0.05) is 12.1 Å². The Morgan fingerprint density at radius 3 is 2.25 bits per heavy atom. The van der Waals surface area contributed by atoms with Crippen LogP contribution < -0.4 is 16.4 Å². The number of rotatable bonds is 3. The fraction of sp³-hybridized carbons (Fsp3) is 0. The van der Waals surface area contributed by atoms with Gasteiger partial charge in [-0.3, -0.25) is 10.1 Å². The Bertz CT molecular complexity index is 658. The van der Waals surface area contributed by atoms with E-state index in [2.05, 4.69) is 10.6 Å². The molecule has 0 saturated heterocycles. The van der Waals surface area contributed by atoms with Gasteiger partial charge >= 0.3 is 6.03 Å². The summed E-state index contributed by atoms with van der Waals surface area (Å²) in [7, 11) is 0. The average molecular weight is 272 g/mol. The molecule has 0 aliphatic heterocycles. The molecule has 0 aliphatic rings. The smallest absolute Gasteiger partial charge is 0.323 e. The van der Waals surface area contributed by atoms with Crippen molar-refractivity contribution in [3.63, 3.8) is 0 Å². The van der Waals surface area contributed by atoms with Crippen LogP contribution in [0.2, 0.25) is 0 Å². The summed E-state index contributed by atoms with van der Waals surface area (Å²) in [5, 5.41) is 15.7. The van der Waals surface area contributed by atoms with Crippen molar-refractivity contribution in [3.05, 3.63) is 58.6 Å². The number of carbonyl (C=O) groups is 1. The van der Waals surface area contributed by atoms with Gasteiger partial charge in [-0.25, -0.2) is 4.79 Å². The summed E-state index contributed by atoms with van der Waals surface area (Å²) in [6.45, 7) is 0. The van der Waals surface area contributed by atoms with Crippen LogP contribution in [-0.4, -0.2) is 11.0 Å². The third kappa shape index (κ3) is 3.45. The Morgan fingerprint density at radius 1 is 1.05 bits per heavy atom. The number of nitro benzene ring substituents is 1. The van der Waals surface area contributed by atoms with Gasteiger partial charge in [0.15, 0.2) is 0 Å². The van der Waals surface area contributed by atoms with Crippen LogP contribution >= 0.6 is 0 Å².